The minimum Gasteiger partial charge on any atom is -0.370 e. The van der Waals surface area contributed by atoms with Gasteiger partial charge in [-0.25, -0.2) is 4.98 Å². The van der Waals surface area contributed by atoms with E-state index in [9.17, 15) is 0 Å². The smallest absolute Gasteiger partial charge is 0.159 e. The normalized spacial score (nSPS) is 19.5. The average molecular weight is 494 g/mol. The van der Waals surface area contributed by atoms with Crippen LogP contribution in [0.2, 0.25) is 0 Å². The molecule has 0 bridgehead atoms. The molecule has 2 unspecified atom stereocenters. The highest BCUT2D eigenvalue weighted by Gasteiger charge is 2.37. The number of rotatable bonds is 7. The summed E-state index contributed by atoms with van der Waals surface area (Å²) in [6.07, 6.45) is 10.1. The van der Waals surface area contributed by atoms with Crippen molar-refractivity contribution in [1.82, 2.24) is 25.1 Å². The van der Waals surface area contributed by atoms with Crippen molar-refractivity contribution in [2.45, 2.75) is 51.4 Å². The lowest BCUT2D eigenvalue weighted by Gasteiger charge is -2.28. The maximum absolute atomic E-state index is 5.73. The van der Waals surface area contributed by atoms with Gasteiger partial charge in [-0.15, -0.1) is 0 Å². The van der Waals surface area contributed by atoms with Gasteiger partial charge in [0.25, 0.3) is 0 Å². The van der Waals surface area contributed by atoms with Gasteiger partial charge >= 0.3 is 0 Å². The Labute approximate surface area is 215 Å². The SMILES string of the molecule is CCCC1OC1Nc1cncc(-c2ccc3[nH]nc(-c4nc5c(N6CCCCC6)cccc5[nH]4)c3c2)c1. The predicted molar refractivity (Wildman–Crippen MR) is 148 cm³/mol. The van der Waals surface area contributed by atoms with Crippen LogP contribution in [-0.4, -0.2) is 50.6 Å². The molecule has 2 atom stereocenters. The van der Waals surface area contributed by atoms with Gasteiger partial charge in [-0.3, -0.25) is 10.1 Å². The van der Waals surface area contributed by atoms with Crippen LogP contribution in [0.5, 0.6) is 0 Å². The van der Waals surface area contributed by atoms with Crippen molar-refractivity contribution in [3.05, 3.63) is 54.9 Å². The number of hydrogen-bond donors (Lipinski definition) is 3. The van der Waals surface area contributed by atoms with Crippen molar-refractivity contribution in [3.8, 4) is 22.6 Å². The van der Waals surface area contributed by atoms with Crippen LogP contribution in [-0.2, 0) is 4.74 Å². The number of para-hydroxylation sites is 1. The molecule has 0 radical (unpaired) electrons. The van der Waals surface area contributed by atoms with Crippen molar-refractivity contribution in [2.75, 3.05) is 23.3 Å². The molecule has 7 rings (SSSR count). The number of ether oxygens (including phenoxy) is 1. The molecule has 37 heavy (non-hydrogen) atoms. The highest BCUT2D eigenvalue weighted by atomic mass is 16.6. The van der Waals surface area contributed by atoms with Crippen LogP contribution in [0.3, 0.4) is 0 Å². The summed E-state index contributed by atoms with van der Waals surface area (Å²) in [5.74, 6) is 0.782. The van der Waals surface area contributed by atoms with Crippen LogP contribution in [0, 0.1) is 0 Å². The third-order valence-corrected chi connectivity index (χ3v) is 7.51. The third kappa shape index (κ3) is 4.21. The van der Waals surface area contributed by atoms with Gasteiger partial charge in [-0.1, -0.05) is 25.5 Å². The Hall–Kier alpha value is -3.91. The molecule has 0 aliphatic carbocycles. The largest absolute Gasteiger partial charge is 0.370 e. The van der Waals surface area contributed by atoms with Crippen LogP contribution in [0.15, 0.2) is 54.9 Å². The fourth-order valence-corrected chi connectivity index (χ4v) is 5.51. The van der Waals surface area contributed by atoms with Crippen LogP contribution >= 0.6 is 0 Å². The number of pyridine rings is 1. The quantitative estimate of drug-likeness (QED) is 0.237. The molecule has 5 aromatic rings. The molecule has 0 amide bonds. The van der Waals surface area contributed by atoms with Crippen LogP contribution < -0.4 is 10.2 Å². The lowest BCUT2D eigenvalue weighted by Crippen LogP contribution is -2.29. The van der Waals surface area contributed by atoms with E-state index in [1.807, 2.05) is 12.4 Å². The summed E-state index contributed by atoms with van der Waals surface area (Å²) in [5, 5.41) is 12.3. The van der Waals surface area contributed by atoms with Crippen molar-refractivity contribution in [3.63, 3.8) is 0 Å². The lowest BCUT2D eigenvalue weighted by atomic mass is 10.0. The molecule has 3 aromatic heterocycles. The van der Waals surface area contributed by atoms with Gasteiger partial charge in [0.2, 0.25) is 0 Å². The minimum atomic E-state index is 0.0860. The van der Waals surface area contributed by atoms with Crippen molar-refractivity contribution in [1.29, 1.82) is 0 Å². The van der Waals surface area contributed by atoms with E-state index in [4.69, 9.17) is 9.72 Å². The number of H-pyrrole nitrogens is 2. The Bertz CT molecular complexity index is 1570. The van der Waals surface area contributed by atoms with E-state index in [1.165, 1.54) is 24.9 Å². The van der Waals surface area contributed by atoms with E-state index in [-0.39, 0.29) is 6.23 Å². The number of piperidine rings is 1. The van der Waals surface area contributed by atoms with Crippen LogP contribution in [0.1, 0.15) is 39.0 Å². The Morgan fingerprint density at radius 1 is 1.03 bits per heavy atom. The number of nitrogens with one attached hydrogen (secondary N) is 3. The molecule has 8 nitrogen and oxygen atoms in total. The summed E-state index contributed by atoms with van der Waals surface area (Å²) in [7, 11) is 0. The Morgan fingerprint density at radius 3 is 2.84 bits per heavy atom. The molecule has 0 saturated carbocycles. The second kappa shape index (κ2) is 9.19. The standard InChI is InChI=1S/C29H31N7O/c1-2-7-25-29(37-25)31-20-14-19(16-30-17-20)18-10-11-22-21(15-18)26(35-34-22)28-32-23-8-6-9-24(27(23)33-28)36-12-4-3-5-13-36/h6,8-11,14-17,25,29,31H,2-5,7,12-13H2,1H3,(H,32,33)(H,34,35). The first-order valence-corrected chi connectivity index (χ1v) is 13.4. The topological polar surface area (TPSA) is 98.0 Å². The number of aromatic nitrogens is 5. The fraction of sp³-hybridized carbons (Fsp3) is 0.345. The van der Waals surface area contributed by atoms with Crippen LogP contribution in [0.4, 0.5) is 11.4 Å². The maximum atomic E-state index is 5.73. The van der Waals surface area contributed by atoms with Gasteiger partial charge < -0.3 is 19.9 Å². The zero-order chi connectivity index (χ0) is 24.8. The second-order valence-electron chi connectivity index (χ2n) is 10.1. The van der Waals surface area contributed by atoms with E-state index in [0.717, 1.165) is 76.2 Å². The summed E-state index contributed by atoms with van der Waals surface area (Å²) >= 11 is 0. The third-order valence-electron chi connectivity index (χ3n) is 7.51. The van der Waals surface area contributed by atoms with E-state index >= 15 is 0 Å². The number of hydrogen-bond acceptors (Lipinski definition) is 6. The Balaban J connectivity index is 1.22. The van der Waals surface area contributed by atoms with Crippen molar-refractivity contribution >= 4 is 33.3 Å². The summed E-state index contributed by atoms with van der Waals surface area (Å²) in [6, 6.07) is 14.9. The molecule has 2 aromatic carbocycles. The maximum Gasteiger partial charge on any atom is 0.159 e. The number of epoxide rings is 1. The summed E-state index contributed by atoms with van der Waals surface area (Å²) in [4.78, 5) is 15.5. The highest BCUT2D eigenvalue weighted by molar-refractivity contribution is 5.97. The number of nitrogens with zero attached hydrogens (tertiary/aromatic N) is 4. The molecular weight excluding hydrogens is 462 g/mol. The molecule has 2 fully saturated rings. The van der Waals surface area contributed by atoms with Gasteiger partial charge in [-0.05, 0) is 61.6 Å². The van der Waals surface area contributed by atoms with E-state index < -0.39 is 0 Å². The molecule has 2 saturated heterocycles. The number of anilines is 2. The van der Waals surface area contributed by atoms with Crippen molar-refractivity contribution in [2.24, 2.45) is 0 Å². The molecule has 188 valence electrons. The van der Waals surface area contributed by atoms with Gasteiger partial charge in [0.1, 0.15) is 17.3 Å². The number of imidazole rings is 1. The number of benzene rings is 2. The molecular formula is C29H31N7O. The van der Waals surface area contributed by atoms with E-state index in [0.29, 0.717) is 6.10 Å². The molecule has 0 spiro atoms. The zero-order valence-electron chi connectivity index (χ0n) is 21.0. The number of fused-ring (bicyclic) bond motifs is 2. The summed E-state index contributed by atoms with van der Waals surface area (Å²) in [6.45, 7) is 4.36. The molecule has 2 aliphatic heterocycles. The second-order valence-corrected chi connectivity index (χ2v) is 10.1. The lowest BCUT2D eigenvalue weighted by molar-refractivity contribution is 0.372. The molecule has 5 heterocycles. The van der Waals surface area contributed by atoms with Gasteiger partial charge in [-0.2, -0.15) is 5.10 Å². The summed E-state index contributed by atoms with van der Waals surface area (Å²) in [5.41, 5.74) is 8.16. The first-order valence-electron chi connectivity index (χ1n) is 13.4. The predicted octanol–water partition coefficient (Wildman–Crippen LogP) is 6.10. The Morgan fingerprint density at radius 2 is 1.95 bits per heavy atom. The average Bonchev–Trinajstić information content (AvgIpc) is 3.33. The van der Waals surface area contributed by atoms with Crippen LogP contribution in [0.25, 0.3) is 44.6 Å². The van der Waals surface area contributed by atoms with Gasteiger partial charge in [0.05, 0.1) is 28.6 Å². The molecule has 2 aliphatic rings. The number of aromatic amines is 2. The summed E-state index contributed by atoms with van der Waals surface area (Å²) < 4.78 is 5.73. The van der Waals surface area contributed by atoms with E-state index in [2.05, 4.69) is 79.8 Å². The minimum absolute atomic E-state index is 0.0860. The molecule has 3 N–H and O–H groups in total. The monoisotopic (exact) mass is 493 g/mol. The fourth-order valence-electron chi connectivity index (χ4n) is 5.51. The molecule has 8 heteroatoms. The first-order chi connectivity index (χ1) is 18.3. The highest BCUT2D eigenvalue weighted by Crippen LogP contribution is 2.34. The zero-order valence-corrected chi connectivity index (χ0v) is 21.0. The first kappa shape index (κ1) is 22.3. The van der Waals surface area contributed by atoms with Gasteiger partial charge in [0.15, 0.2) is 12.1 Å². The van der Waals surface area contributed by atoms with Gasteiger partial charge in [0, 0.05) is 30.2 Å². The Kier molecular flexibility index (Phi) is 5.54. The van der Waals surface area contributed by atoms with Crippen molar-refractivity contribution < 1.29 is 4.74 Å². The van der Waals surface area contributed by atoms with E-state index in [1.54, 1.807) is 0 Å².